The average molecular weight is 527 g/mol. The van der Waals surface area contributed by atoms with Crippen LogP contribution in [0.5, 0.6) is 0 Å². The molecule has 0 N–H and O–H groups in total. The molecule has 36 heavy (non-hydrogen) atoms. The lowest BCUT2D eigenvalue weighted by molar-refractivity contribution is 0.513. The molecule has 1 nitrogen and oxygen atoms in total. The summed E-state index contributed by atoms with van der Waals surface area (Å²) in [5.74, 6) is 0.902. The van der Waals surface area contributed by atoms with Gasteiger partial charge in [0.15, 0.2) is 0 Å². The van der Waals surface area contributed by atoms with Crippen molar-refractivity contribution < 1.29 is 4.21 Å². The molecule has 0 aromatic carbocycles. The largest absolute Gasteiger partial charge is 0.260 e. The van der Waals surface area contributed by atoms with Gasteiger partial charge in [-0.2, -0.15) is 0 Å². The third-order valence-electron chi connectivity index (χ3n) is 8.04. The molecule has 0 bridgehead atoms. The van der Waals surface area contributed by atoms with E-state index >= 15 is 0 Å². The SMILES string of the molecule is CCCCCCCCCCCCCCCCCCCCCCCCCCCCCCCCCS(C)=O. The van der Waals surface area contributed by atoms with Crippen molar-refractivity contribution in [3.05, 3.63) is 0 Å². The van der Waals surface area contributed by atoms with Crippen LogP contribution in [0.2, 0.25) is 0 Å². The summed E-state index contributed by atoms with van der Waals surface area (Å²) in [6.07, 6.45) is 46.6. The van der Waals surface area contributed by atoms with Gasteiger partial charge in [-0.1, -0.05) is 200 Å². The molecule has 2 heteroatoms. The van der Waals surface area contributed by atoms with Crippen molar-refractivity contribution in [3.8, 4) is 0 Å². The average Bonchev–Trinajstić information content (AvgIpc) is 2.87. The zero-order chi connectivity index (χ0) is 26.2. The minimum Gasteiger partial charge on any atom is -0.260 e. The van der Waals surface area contributed by atoms with E-state index in [-0.39, 0.29) is 0 Å². The molecule has 0 saturated carbocycles. The molecule has 0 heterocycles. The van der Waals surface area contributed by atoms with Gasteiger partial charge in [0.05, 0.1) is 0 Å². The third kappa shape index (κ3) is 34.1. The highest BCUT2D eigenvalue weighted by atomic mass is 32.2. The highest BCUT2D eigenvalue weighted by Gasteiger charge is 1.97. The first-order chi connectivity index (χ1) is 17.8. The summed E-state index contributed by atoms with van der Waals surface area (Å²) in [6, 6.07) is 0. The fraction of sp³-hybridized carbons (Fsp3) is 1.00. The van der Waals surface area contributed by atoms with E-state index < -0.39 is 10.8 Å². The number of rotatable bonds is 32. The Labute approximate surface area is 232 Å². The molecule has 0 aromatic heterocycles. The summed E-state index contributed by atoms with van der Waals surface area (Å²) in [6.45, 7) is 2.30. The lowest BCUT2D eigenvalue weighted by Crippen LogP contribution is -1.93. The van der Waals surface area contributed by atoms with Gasteiger partial charge in [-0.05, 0) is 6.42 Å². The second kappa shape index (κ2) is 33.2. The van der Waals surface area contributed by atoms with Gasteiger partial charge in [-0.3, -0.25) is 4.21 Å². The highest BCUT2D eigenvalue weighted by Crippen LogP contribution is 2.16. The summed E-state index contributed by atoms with van der Waals surface area (Å²) >= 11 is 0. The van der Waals surface area contributed by atoms with Gasteiger partial charge in [0.2, 0.25) is 0 Å². The molecule has 0 rings (SSSR count). The number of hydrogen-bond donors (Lipinski definition) is 0. The van der Waals surface area contributed by atoms with Crippen LogP contribution in [-0.2, 0) is 10.8 Å². The second-order valence-electron chi connectivity index (χ2n) is 11.9. The standard InChI is InChI=1S/C34H70OS/c1-3-4-5-6-7-8-9-10-11-12-13-14-15-16-17-18-19-20-21-22-23-24-25-26-27-28-29-30-31-32-33-34-36(2)35/h3-34H2,1-2H3. The Balaban J connectivity index is 3.02. The first-order valence-corrected chi connectivity index (χ1v) is 18.8. The van der Waals surface area contributed by atoms with Crippen LogP contribution in [0.1, 0.15) is 206 Å². The van der Waals surface area contributed by atoms with E-state index in [0.29, 0.717) is 0 Å². The minimum absolute atomic E-state index is 0.588. The van der Waals surface area contributed by atoms with Crippen LogP contribution in [0.4, 0.5) is 0 Å². The fourth-order valence-corrected chi connectivity index (χ4v) is 6.12. The Morgan fingerprint density at radius 3 is 0.639 bits per heavy atom. The summed E-state index contributed by atoms with van der Waals surface area (Å²) in [5.41, 5.74) is 0. The first-order valence-electron chi connectivity index (χ1n) is 17.1. The van der Waals surface area contributed by atoms with Gasteiger partial charge in [0.1, 0.15) is 0 Å². The molecule has 0 fully saturated rings. The predicted molar refractivity (Wildman–Crippen MR) is 168 cm³/mol. The zero-order valence-corrected chi connectivity index (χ0v) is 26.3. The van der Waals surface area contributed by atoms with E-state index in [2.05, 4.69) is 6.92 Å². The van der Waals surface area contributed by atoms with Crippen molar-refractivity contribution in [2.75, 3.05) is 12.0 Å². The van der Waals surface area contributed by atoms with E-state index in [1.807, 2.05) is 6.26 Å². The summed E-state index contributed by atoms with van der Waals surface area (Å²) in [7, 11) is -0.588. The van der Waals surface area contributed by atoms with Crippen LogP contribution >= 0.6 is 0 Å². The maximum Gasteiger partial charge on any atom is 0.0232 e. The monoisotopic (exact) mass is 527 g/mol. The Morgan fingerprint density at radius 1 is 0.306 bits per heavy atom. The zero-order valence-electron chi connectivity index (χ0n) is 25.4. The quantitative estimate of drug-likeness (QED) is 0.0796. The molecule has 1 atom stereocenters. The predicted octanol–water partition coefficient (Wildman–Crippen LogP) is 12.5. The van der Waals surface area contributed by atoms with E-state index in [1.54, 1.807) is 0 Å². The van der Waals surface area contributed by atoms with Crippen LogP contribution < -0.4 is 0 Å². The molecule has 0 aromatic rings. The summed E-state index contributed by atoms with van der Waals surface area (Å²) < 4.78 is 11.0. The Bertz CT molecular complexity index is 408. The van der Waals surface area contributed by atoms with Gasteiger partial charge in [0.25, 0.3) is 0 Å². The fourth-order valence-electron chi connectivity index (χ4n) is 5.51. The normalized spacial score (nSPS) is 12.4. The van der Waals surface area contributed by atoms with Crippen molar-refractivity contribution in [3.63, 3.8) is 0 Å². The minimum atomic E-state index is -0.588. The molecule has 0 spiro atoms. The molecule has 0 aliphatic rings. The lowest BCUT2D eigenvalue weighted by atomic mass is 10.0. The smallest absolute Gasteiger partial charge is 0.0232 e. The van der Waals surface area contributed by atoms with Gasteiger partial charge in [-0.15, -0.1) is 0 Å². The van der Waals surface area contributed by atoms with Crippen LogP contribution in [0, 0.1) is 0 Å². The maximum atomic E-state index is 11.0. The van der Waals surface area contributed by atoms with E-state index in [4.69, 9.17) is 0 Å². The molecule has 218 valence electrons. The van der Waals surface area contributed by atoms with Gasteiger partial charge in [-0.25, -0.2) is 0 Å². The van der Waals surface area contributed by atoms with Crippen molar-refractivity contribution in [1.82, 2.24) is 0 Å². The first kappa shape index (κ1) is 36.1. The maximum absolute atomic E-state index is 11.0. The molecule has 1 unspecified atom stereocenters. The van der Waals surface area contributed by atoms with Crippen molar-refractivity contribution in [2.24, 2.45) is 0 Å². The van der Waals surface area contributed by atoms with Gasteiger partial charge in [0, 0.05) is 22.8 Å². The van der Waals surface area contributed by atoms with E-state index in [1.165, 1.54) is 193 Å². The topological polar surface area (TPSA) is 17.1 Å². The van der Waals surface area contributed by atoms with Crippen molar-refractivity contribution in [2.45, 2.75) is 206 Å². The number of unbranched alkanes of at least 4 members (excludes halogenated alkanes) is 30. The Hall–Kier alpha value is 0.150. The molecule has 0 amide bonds. The molecule has 0 aliphatic carbocycles. The number of hydrogen-bond acceptors (Lipinski definition) is 1. The van der Waals surface area contributed by atoms with Crippen molar-refractivity contribution >= 4 is 10.8 Å². The summed E-state index contributed by atoms with van der Waals surface area (Å²) in [5, 5.41) is 0. The van der Waals surface area contributed by atoms with Crippen LogP contribution in [-0.4, -0.2) is 16.2 Å². The molecule has 0 aliphatic heterocycles. The van der Waals surface area contributed by atoms with Gasteiger partial charge >= 0.3 is 0 Å². The molecular formula is C34H70OS. The summed E-state index contributed by atoms with van der Waals surface area (Å²) in [4.78, 5) is 0. The Kier molecular flexibility index (Phi) is 33.3. The molecule has 0 radical (unpaired) electrons. The van der Waals surface area contributed by atoms with E-state index in [9.17, 15) is 4.21 Å². The third-order valence-corrected chi connectivity index (χ3v) is 8.90. The Morgan fingerprint density at radius 2 is 0.472 bits per heavy atom. The van der Waals surface area contributed by atoms with Crippen LogP contribution in [0.25, 0.3) is 0 Å². The molecular weight excluding hydrogens is 456 g/mol. The van der Waals surface area contributed by atoms with Crippen LogP contribution in [0.3, 0.4) is 0 Å². The highest BCUT2D eigenvalue weighted by molar-refractivity contribution is 7.84. The van der Waals surface area contributed by atoms with Gasteiger partial charge < -0.3 is 0 Å². The lowest BCUT2D eigenvalue weighted by Gasteiger charge is -2.04. The second-order valence-corrected chi connectivity index (χ2v) is 13.4. The van der Waals surface area contributed by atoms with Crippen LogP contribution in [0.15, 0.2) is 0 Å². The molecule has 0 saturated heterocycles. The van der Waals surface area contributed by atoms with E-state index in [0.717, 1.165) is 12.2 Å². The van der Waals surface area contributed by atoms with Crippen molar-refractivity contribution in [1.29, 1.82) is 0 Å².